The lowest BCUT2D eigenvalue weighted by atomic mass is 10.1. The van der Waals surface area contributed by atoms with Crippen molar-refractivity contribution in [3.63, 3.8) is 0 Å². The van der Waals surface area contributed by atoms with Crippen LogP contribution in [0.5, 0.6) is 0 Å². The third kappa shape index (κ3) is 1.38. The number of hydrogen-bond acceptors (Lipinski definition) is 2. The van der Waals surface area contributed by atoms with Gasteiger partial charge in [-0.15, -0.1) is 0 Å². The summed E-state index contributed by atoms with van der Waals surface area (Å²) in [6, 6.07) is 7.72. The van der Waals surface area contributed by atoms with E-state index in [9.17, 15) is 4.79 Å². The van der Waals surface area contributed by atoms with Gasteiger partial charge in [0.05, 0.1) is 0 Å². The van der Waals surface area contributed by atoms with Gasteiger partial charge in [0.25, 0.3) is 0 Å². The van der Waals surface area contributed by atoms with E-state index in [2.05, 4.69) is 0 Å². The van der Waals surface area contributed by atoms with E-state index < -0.39 is 0 Å². The Labute approximate surface area is 77.5 Å². The highest BCUT2D eigenvalue weighted by atomic mass is 16.5. The third-order valence-electron chi connectivity index (χ3n) is 2.35. The zero-order valence-corrected chi connectivity index (χ0v) is 7.62. The van der Waals surface area contributed by atoms with Gasteiger partial charge in [0.1, 0.15) is 6.10 Å². The van der Waals surface area contributed by atoms with Crippen LogP contribution in [0.1, 0.15) is 22.8 Å². The molecular formula is C11H12O2. The summed E-state index contributed by atoms with van der Waals surface area (Å²) in [6.45, 7) is 2.51. The lowest BCUT2D eigenvalue weighted by molar-refractivity contribution is 0.0501. The van der Waals surface area contributed by atoms with Crippen molar-refractivity contribution in [3.05, 3.63) is 35.4 Å². The minimum Gasteiger partial charge on any atom is -0.370 e. The molecule has 0 spiro atoms. The third-order valence-corrected chi connectivity index (χ3v) is 2.35. The number of carbonyl (C=O) groups is 1. The molecule has 13 heavy (non-hydrogen) atoms. The summed E-state index contributed by atoms with van der Waals surface area (Å²) in [5.74, 6) is 0.137. The van der Waals surface area contributed by atoms with Crippen molar-refractivity contribution in [2.24, 2.45) is 0 Å². The summed E-state index contributed by atoms with van der Waals surface area (Å²) in [5, 5.41) is 0. The largest absolute Gasteiger partial charge is 0.370 e. The number of hydrogen-bond donors (Lipinski definition) is 0. The molecular weight excluding hydrogens is 164 g/mol. The van der Waals surface area contributed by atoms with Crippen LogP contribution in [0.4, 0.5) is 0 Å². The molecule has 0 N–H and O–H groups in total. The molecule has 1 aromatic carbocycles. The minimum absolute atomic E-state index is 0.137. The second-order valence-electron chi connectivity index (χ2n) is 3.17. The molecule has 1 unspecified atom stereocenters. The fourth-order valence-electron chi connectivity index (χ4n) is 1.74. The SMILES string of the molecule is CCOC1Cc2ccccc2C1=O. The molecule has 68 valence electrons. The molecule has 1 aliphatic carbocycles. The fourth-order valence-corrected chi connectivity index (χ4v) is 1.74. The van der Waals surface area contributed by atoms with Crippen molar-refractivity contribution in [1.29, 1.82) is 0 Å². The molecule has 2 heteroatoms. The zero-order chi connectivity index (χ0) is 9.26. The van der Waals surface area contributed by atoms with Crippen molar-refractivity contribution in [3.8, 4) is 0 Å². The van der Waals surface area contributed by atoms with Gasteiger partial charge in [-0.3, -0.25) is 4.79 Å². The Hall–Kier alpha value is -1.15. The quantitative estimate of drug-likeness (QED) is 0.687. The highest BCUT2D eigenvalue weighted by molar-refractivity contribution is 6.03. The predicted molar refractivity (Wildman–Crippen MR) is 49.9 cm³/mol. The van der Waals surface area contributed by atoms with Crippen LogP contribution in [0.3, 0.4) is 0 Å². The average molecular weight is 176 g/mol. The van der Waals surface area contributed by atoms with Crippen LogP contribution in [-0.2, 0) is 11.2 Å². The summed E-state index contributed by atoms with van der Waals surface area (Å²) in [6.07, 6.45) is 0.505. The summed E-state index contributed by atoms with van der Waals surface area (Å²) in [5.41, 5.74) is 1.95. The maximum atomic E-state index is 11.7. The number of ether oxygens (including phenoxy) is 1. The number of benzene rings is 1. The van der Waals surface area contributed by atoms with Gasteiger partial charge < -0.3 is 4.74 Å². The first-order valence-electron chi connectivity index (χ1n) is 4.56. The normalized spacial score (nSPS) is 20.4. The molecule has 1 aromatic rings. The molecule has 0 amide bonds. The summed E-state index contributed by atoms with van der Waals surface area (Å²) < 4.78 is 5.35. The fraction of sp³-hybridized carbons (Fsp3) is 0.364. The van der Waals surface area contributed by atoms with Gasteiger partial charge in [-0.25, -0.2) is 0 Å². The number of fused-ring (bicyclic) bond motifs is 1. The smallest absolute Gasteiger partial charge is 0.192 e. The van der Waals surface area contributed by atoms with Gasteiger partial charge in [-0.1, -0.05) is 24.3 Å². The Morgan fingerprint density at radius 1 is 1.46 bits per heavy atom. The van der Waals surface area contributed by atoms with Crippen LogP contribution in [-0.4, -0.2) is 18.5 Å². The highest BCUT2D eigenvalue weighted by Crippen LogP contribution is 2.23. The molecule has 0 aromatic heterocycles. The van der Waals surface area contributed by atoms with Crippen LogP contribution in [0, 0.1) is 0 Å². The molecule has 0 fully saturated rings. The molecule has 0 aliphatic heterocycles. The molecule has 2 rings (SSSR count). The van der Waals surface area contributed by atoms with E-state index in [1.165, 1.54) is 0 Å². The lowest BCUT2D eigenvalue weighted by Gasteiger charge is -2.06. The van der Waals surface area contributed by atoms with Gasteiger partial charge in [-0.2, -0.15) is 0 Å². The standard InChI is InChI=1S/C11H12O2/c1-2-13-10-7-8-5-3-4-6-9(8)11(10)12/h3-6,10H,2,7H2,1H3. The Balaban J connectivity index is 2.28. The van der Waals surface area contributed by atoms with Crippen molar-refractivity contribution in [2.45, 2.75) is 19.4 Å². The first-order valence-corrected chi connectivity index (χ1v) is 4.56. The van der Waals surface area contributed by atoms with E-state index in [1.54, 1.807) is 0 Å². The van der Waals surface area contributed by atoms with Gasteiger partial charge in [0.15, 0.2) is 5.78 Å². The summed E-state index contributed by atoms with van der Waals surface area (Å²) in [7, 11) is 0. The van der Waals surface area contributed by atoms with E-state index in [0.717, 1.165) is 17.5 Å². The molecule has 2 nitrogen and oxygen atoms in total. The van der Waals surface area contributed by atoms with E-state index in [0.29, 0.717) is 6.61 Å². The van der Waals surface area contributed by atoms with Crippen LogP contribution >= 0.6 is 0 Å². The summed E-state index contributed by atoms with van der Waals surface area (Å²) in [4.78, 5) is 11.7. The highest BCUT2D eigenvalue weighted by Gasteiger charge is 2.29. The molecule has 1 atom stereocenters. The monoisotopic (exact) mass is 176 g/mol. The second-order valence-corrected chi connectivity index (χ2v) is 3.17. The molecule has 1 aliphatic rings. The van der Waals surface area contributed by atoms with Crippen LogP contribution < -0.4 is 0 Å². The van der Waals surface area contributed by atoms with Gasteiger partial charge in [0.2, 0.25) is 0 Å². The maximum absolute atomic E-state index is 11.7. The zero-order valence-electron chi connectivity index (χ0n) is 7.62. The Morgan fingerprint density at radius 2 is 2.23 bits per heavy atom. The van der Waals surface area contributed by atoms with E-state index in [1.807, 2.05) is 31.2 Å². The number of ketones is 1. The van der Waals surface area contributed by atoms with E-state index >= 15 is 0 Å². The molecule has 0 heterocycles. The average Bonchev–Trinajstić information content (AvgIpc) is 2.46. The molecule has 0 radical (unpaired) electrons. The number of carbonyl (C=O) groups excluding carboxylic acids is 1. The second kappa shape index (κ2) is 3.30. The Morgan fingerprint density at radius 3 is 2.92 bits per heavy atom. The molecule has 0 bridgehead atoms. The first kappa shape index (κ1) is 8.45. The molecule has 0 saturated carbocycles. The number of rotatable bonds is 2. The lowest BCUT2D eigenvalue weighted by Crippen LogP contribution is -2.19. The van der Waals surface area contributed by atoms with Gasteiger partial charge in [0, 0.05) is 18.6 Å². The Kier molecular flexibility index (Phi) is 2.15. The topological polar surface area (TPSA) is 26.3 Å². The van der Waals surface area contributed by atoms with Crippen molar-refractivity contribution in [2.75, 3.05) is 6.61 Å². The van der Waals surface area contributed by atoms with Crippen molar-refractivity contribution >= 4 is 5.78 Å². The number of Topliss-reactive ketones (excluding diaryl/α,β-unsaturated/α-hetero) is 1. The van der Waals surface area contributed by atoms with Crippen LogP contribution in [0.25, 0.3) is 0 Å². The van der Waals surface area contributed by atoms with E-state index in [4.69, 9.17) is 4.74 Å². The Bertz CT molecular complexity index is 331. The first-order chi connectivity index (χ1) is 6.33. The van der Waals surface area contributed by atoms with Crippen LogP contribution in [0.15, 0.2) is 24.3 Å². The molecule has 0 saturated heterocycles. The summed E-state index contributed by atoms with van der Waals surface area (Å²) >= 11 is 0. The van der Waals surface area contributed by atoms with Gasteiger partial charge in [-0.05, 0) is 12.5 Å². The predicted octanol–water partition coefficient (Wildman–Crippen LogP) is 1.83. The maximum Gasteiger partial charge on any atom is 0.192 e. The minimum atomic E-state index is -0.234. The van der Waals surface area contributed by atoms with Crippen molar-refractivity contribution < 1.29 is 9.53 Å². The van der Waals surface area contributed by atoms with Crippen LogP contribution in [0.2, 0.25) is 0 Å². The van der Waals surface area contributed by atoms with Crippen molar-refractivity contribution in [1.82, 2.24) is 0 Å². The van der Waals surface area contributed by atoms with E-state index in [-0.39, 0.29) is 11.9 Å². The van der Waals surface area contributed by atoms with Gasteiger partial charge >= 0.3 is 0 Å².